The fourth-order valence-electron chi connectivity index (χ4n) is 3.89. The molecule has 1 aromatic heterocycles. The minimum absolute atomic E-state index is 0.00882. The van der Waals surface area contributed by atoms with E-state index in [-0.39, 0.29) is 17.9 Å². The first-order valence-electron chi connectivity index (χ1n) is 9.23. The van der Waals surface area contributed by atoms with E-state index >= 15 is 0 Å². The number of likely N-dealkylation sites (tertiary alicyclic amines) is 1. The minimum Gasteiger partial charge on any atom is -0.467 e. The lowest BCUT2D eigenvalue weighted by molar-refractivity contribution is -0.142. The third-order valence-electron chi connectivity index (χ3n) is 5.55. The van der Waals surface area contributed by atoms with Crippen LogP contribution in [0.4, 0.5) is 0 Å². The molecule has 2 amide bonds. The fourth-order valence-corrected chi connectivity index (χ4v) is 3.89. The van der Waals surface area contributed by atoms with Crippen molar-refractivity contribution in [2.45, 2.75) is 82.8 Å². The summed E-state index contributed by atoms with van der Waals surface area (Å²) in [6, 6.07) is 3.90. The van der Waals surface area contributed by atoms with Crippen molar-refractivity contribution in [3.63, 3.8) is 0 Å². The summed E-state index contributed by atoms with van der Waals surface area (Å²) in [5, 5.41) is 3.24. The topological polar surface area (TPSA) is 62.6 Å². The van der Waals surface area contributed by atoms with Crippen LogP contribution < -0.4 is 5.32 Å². The van der Waals surface area contributed by atoms with E-state index in [2.05, 4.69) is 5.32 Å². The van der Waals surface area contributed by atoms with Crippen molar-refractivity contribution < 1.29 is 14.0 Å². The molecule has 24 heavy (non-hydrogen) atoms. The van der Waals surface area contributed by atoms with Gasteiger partial charge in [0.05, 0.1) is 12.8 Å². The number of amides is 2. The predicted octanol–water partition coefficient (Wildman–Crippen LogP) is 3.39. The van der Waals surface area contributed by atoms with Crippen LogP contribution in [0.3, 0.4) is 0 Å². The van der Waals surface area contributed by atoms with Crippen molar-refractivity contribution in [1.29, 1.82) is 0 Å². The molecule has 0 radical (unpaired) electrons. The highest BCUT2D eigenvalue weighted by atomic mass is 16.3. The second-order valence-electron chi connectivity index (χ2n) is 7.35. The van der Waals surface area contributed by atoms with Crippen molar-refractivity contribution in [3.05, 3.63) is 24.2 Å². The highest BCUT2D eigenvalue weighted by molar-refractivity contribution is 5.94. The molecule has 0 unspecified atom stereocenters. The van der Waals surface area contributed by atoms with E-state index in [4.69, 9.17) is 4.42 Å². The van der Waals surface area contributed by atoms with Crippen LogP contribution in [0, 0.1) is 0 Å². The molecule has 2 heterocycles. The summed E-state index contributed by atoms with van der Waals surface area (Å²) in [5.74, 6) is 0.738. The van der Waals surface area contributed by atoms with Gasteiger partial charge in [0.2, 0.25) is 11.8 Å². The third-order valence-corrected chi connectivity index (χ3v) is 5.55. The first kappa shape index (κ1) is 17.1. The van der Waals surface area contributed by atoms with Crippen LogP contribution in [0.25, 0.3) is 0 Å². The monoisotopic (exact) mass is 332 g/mol. The van der Waals surface area contributed by atoms with Gasteiger partial charge in [0, 0.05) is 12.5 Å². The first-order valence-corrected chi connectivity index (χ1v) is 9.23. The number of hydrogen-bond donors (Lipinski definition) is 1. The molecule has 1 saturated carbocycles. The van der Waals surface area contributed by atoms with Crippen LogP contribution in [0.1, 0.15) is 70.5 Å². The molecule has 0 bridgehead atoms. The molecule has 5 heteroatoms. The molecule has 1 saturated heterocycles. The van der Waals surface area contributed by atoms with Crippen molar-refractivity contribution in [1.82, 2.24) is 10.2 Å². The zero-order valence-corrected chi connectivity index (χ0v) is 14.6. The second-order valence-corrected chi connectivity index (χ2v) is 7.35. The van der Waals surface area contributed by atoms with Gasteiger partial charge >= 0.3 is 0 Å². The molecule has 2 aliphatic rings. The zero-order valence-electron chi connectivity index (χ0n) is 14.6. The standard InChI is InChI=1S/C19H28N2O3/c1-19(18(23)20-15-8-5-3-2-4-6-9-15)12-11-17(22)21(19)14-16-10-7-13-24-16/h7,10,13,15H,2-6,8-9,11-12,14H2,1H3,(H,20,23)/t19-/m0/s1. The Kier molecular flexibility index (Phi) is 5.27. The Bertz CT molecular complexity index is 561. The molecule has 0 aromatic carbocycles. The molecule has 3 rings (SSSR count). The van der Waals surface area contributed by atoms with Gasteiger partial charge in [-0.05, 0) is 38.3 Å². The Labute approximate surface area is 143 Å². The van der Waals surface area contributed by atoms with Crippen molar-refractivity contribution in [2.75, 3.05) is 0 Å². The summed E-state index contributed by atoms with van der Waals surface area (Å²) in [4.78, 5) is 27.0. The summed E-state index contributed by atoms with van der Waals surface area (Å²) in [5.41, 5.74) is -0.772. The molecular formula is C19H28N2O3. The van der Waals surface area contributed by atoms with Gasteiger partial charge in [0.15, 0.2) is 0 Å². The van der Waals surface area contributed by atoms with E-state index in [1.807, 2.05) is 19.1 Å². The van der Waals surface area contributed by atoms with Gasteiger partial charge in [0.1, 0.15) is 11.3 Å². The van der Waals surface area contributed by atoms with Gasteiger partial charge in [-0.2, -0.15) is 0 Å². The molecule has 5 nitrogen and oxygen atoms in total. The van der Waals surface area contributed by atoms with E-state index in [1.54, 1.807) is 11.2 Å². The zero-order chi connectivity index (χ0) is 17.0. The molecule has 132 valence electrons. The molecule has 1 aliphatic heterocycles. The largest absolute Gasteiger partial charge is 0.467 e. The molecule has 2 fully saturated rings. The summed E-state index contributed by atoms with van der Waals surface area (Å²) in [6.07, 6.45) is 10.9. The highest BCUT2D eigenvalue weighted by Gasteiger charge is 2.47. The number of rotatable bonds is 4. The molecule has 1 aromatic rings. The van der Waals surface area contributed by atoms with E-state index in [0.717, 1.165) is 18.6 Å². The Morgan fingerprint density at radius 3 is 2.67 bits per heavy atom. The third kappa shape index (κ3) is 3.65. The Balaban J connectivity index is 1.67. The highest BCUT2D eigenvalue weighted by Crippen LogP contribution is 2.32. The average Bonchev–Trinajstić information content (AvgIpc) is 3.14. The van der Waals surface area contributed by atoms with Crippen molar-refractivity contribution in [2.24, 2.45) is 0 Å². The Morgan fingerprint density at radius 2 is 2.00 bits per heavy atom. The first-order chi connectivity index (χ1) is 11.6. The van der Waals surface area contributed by atoms with Gasteiger partial charge in [0.25, 0.3) is 0 Å². The van der Waals surface area contributed by atoms with E-state index < -0.39 is 5.54 Å². The smallest absolute Gasteiger partial charge is 0.245 e. The molecule has 0 spiro atoms. The molecule has 1 aliphatic carbocycles. The number of carbonyl (C=O) groups excluding carboxylic acids is 2. The van der Waals surface area contributed by atoms with E-state index in [9.17, 15) is 9.59 Å². The van der Waals surface area contributed by atoms with Crippen LogP contribution in [-0.2, 0) is 16.1 Å². The summed E-state index contributed by atoms with van der Waals surface area (Å²) in [7, 11) is 0. The molecule has 1 atom stereocenters. The summed E-state index contributed by atoms with van der Waals surface area (Å²) < 4.78 is 5.37. The Morgan fingerprint density at radius 1 is 1.29 bits per heavy atom. The average molecular weight is 332 g/mol. The summed E-state index contributed by atoms with van der Waals surface area (Å²) in [6.45, 7) is 2.25. The van der Waals surface area contributed by atoms with Crippen LogP contribution in [0.15, 0.2) is 22.8 Å². The molecule has 1 N–H and O–H groups in total. The van der Waals surface area contributed by atoms with Crippen LogP contribution in [-0.4, -0.2) is 28.3 Å². The van der Waals surface area contributed by atoms with E-state index in [1.165, 1.54) is 32.1 Å². The maximum atomic E-state index is 13.0. The van der Waals surface area contributed by atoms with Gasteiger partial charge in [-0.25, -0.2) is 0 Å². The lowest BCUT2D eigenvalue weighted by Gasteiger charge is -2.35. The van der Waals surface area contributed by atoms with Gasteiger partial charge in [-0.15, -0.1) is 0 Å². The van der Waals surface area contributed by atoms with Gasteiger partial charge < -0.3 is 14.6 Å². The quantitative estimate of drug-likeness (QED) is 0.919. The Hall–Kier alpha value is -1.78. The SMILES string of the molecule is C[C@@]1(C(=O)NC2CCCCCCC2)CCC(=O)N1Cc1ccco1. The number of carbonyl (C=O) groups is 2. The van der Waals surface area contributed by atoms with Gasteiger partial charge in [-0.1, -0.05) is 32.1 Å². The lowest BCUT2D eigenvalue weighted by Crippen LogP contribution is -2.56. The van der Waals surface area contributed by atoms with Crippen LogP contribution in [0.2, 0.25) is 0 Å². The minimum atomic E-state index is -0.772. The fraction of sp³-hybridized carbons (Fsp3) is 0.684. The summed E-state index contributed by atoms with van der Waals surface area (Å²) >= 11 is 0. The van der Waals surface area contributed by atoms with Crippen molar-refractivity contribution in [3.8, 4) is 0 Å². The molecular weight excluding hydrogens is 304 g/mol. The number of furan rings is 1. The normalized spacial score (nSPS) is 26.2. The van der Waals surface area contributed by atoms with Gasteiger partial charge in [-0.3, -0.25) is 9.59 Å². The predicted molar refractivity (Wildman–Crippen MR) is 91.1 cm³/mol. The number of nitrogens with zero attached hydrogens (tertiary/aromatic N) is 1. The lowest BCUT2D eigenvalue weighted by atomic mass is 9.93. The van der Waals surface area contributed by atoms with Crippen LogP contribution >= 0.6 is 0 Å². The van der Waals surface area contributed by atoms with Crippen LogP contribution in [0.5, 0.6) is 0 Å². The van der Waals surface area contributed by atoms with E-state index in [0.29, 0.717) is 19.4 Å². The number of hydrogen-bond acceptors (Lipinski definition) is 3. The maximum absolute atomic E-state index is 13.0. The van der Waals surface area contributed by atoms with Crippen molar-refractivity contribution >= 4 is 11.8 Å². The second kappa shape index (κ2) is 7.41. The maximum Gasteiger partial charge on any atom is 0.245 e. The number of nitrogens with one attached hydrogen (secondary N) is 1.